The maximum Gasteiger partial charge on any atom is 0.228 e. The highest BCUT2D eigenvalue weighted by Gasteiger charge is 2.18. The van der Waals surface area contributed by atoms with Crippen LogP contribution in [-0.2, 0) is 11.2 Å². The first kappa shape index (κ1) is 12.2. The van der Waals surface area contributed by atoms with Crippen molar-refractivity contribution in [2.24, 2.45) is 0 Å². The van der Waals surface area contributed by atoms with Gasteiger partial charge in [-0.05, 0) is 13.0 Å². The number of rotatable bonds is 3. The van der Waals surface area contributed by atoms with Gasteiger partial charge < -0.3 is 14.6 Å². The lowest BCUT2D eigenvalue weighted by Crippen LogP contribution is -2.42. The first-order valence-corrected chi connectivity index (χ1v) is 6.25. The molecule has 0 saturated carbocycles. The molecular formula is C12H15N5O2. The quantitative estimate of drug-likeness (QED) is 0.854. The number of hydrogen-bond acceptors (Lipinski definition) is 7. The SMILES string of the molecule is Cc1nccc(-c2noc(CC3COCCN3)n2)n1. The Morgan fingerprint density at radius 2 is 2.37 bits per heavy atom. The summed E-state index contributed by atoms with van der Waals surface area (Å²) in [6, 6.07) is 2.00. The van der Waals surface area contributed by atoms with Crippen molar-refractivity contribution in [1.29, 1.82) is 0 Å². The molecule has 2 aromatic rings. The van der Waals surface area contributed by atoms with Gasteiger partial charge in [0.15, 0.2) is 0 Å². The predicted octanol–water partition coefficient (Wildman–Crippen LogP) is 0.366. The maximum absolute atomic E-state index is 5.39. The van der Waals surface area contributed by atoms with Gasteiger partial charge in [-0.1, -0.05) is 5.16 Å². The Balaban J connectivity index is 1.72. The largest absolute Gasteiger partial charge is 0.378 e. The molecule has 1 fully saturated rings. The molecule has 1 N–H and O–H groups in total. The van der Waals surface area contributed by atoms with E-state index in [9.17, 15) is 0 Å². The second-order valence-corrected chi connectivity index (χ2v) is 4.43. The molecule has 2 aromatic heterocycles. The Labute approximate surface area is 110 Å². The molecule has 1 aliphatic rings. The number of nitrogens with zero attached hydrogens (tertiary/aromatic N) is 4. The van der Waals surface area contributed by atoms with Crippen molar-refractivity contribution < 1.29 is 9.26 Å². The van der Waals surface area contributed by atoms with Crippen molar-refractivity contribution in [3.63, 3.8) is 0 Å². The Morgan fingerprint density at radius 3 is 3.16 bits per heavy atom. The molecule has 0 bridgehead atoms. The highest BCUT2D eigenvalue weighted by molar-refractivity contribution is 5.46. The molecule has 0 amide bonds. The Hall–Kier alpha value is -1.86. The van der Waals surface area contributed by atoms with Gasteiger partial charge in [0, 0.05) is 25.2 Å². The third-order valence-electron chi connectivity index (χ3n) is 2.89. The van der Waals surface area contributed by atoms with E-state index in [0.717, 1.165) is 13.2 Å². The van der Waals surface area contributed by atoms with Gasteiger partial charge in [0.2, 0.25) is 11.7 Å². The second-order valence-electron chi connectivity index (χ2n) is 4.43. The zero-order valence-electron chi connectivity index (χ0n) is 10.7. The second kappa shape index (κ2) is 5.41. The number of nitrogens with one attached hydrogen (secondary N) is 1. The summed E-state index contributed by atoms with van der Waals surface area (Å²) in [6.07, 6.45) is 2.35. The predicted molar refractivity (Wildman–Crippen MR) is 66.4 cm³/mol. The van der Waals surface area contributed by atoms with Crippen molar-refractivity contribution in [3.8, 4) is 11.5 Å². The van der Waals surface area contributed by atoms with E-state index in [4.69, 9.17) is 9.26 Å². The van der Waals surface area contributed by atoms with E-state index in [2.05, 4.69) is 25.4 Å². The van der Waals surface area contributed by atoms with Crippen LogP contribution < -0.4 is 5.32 Å². The van der Waals surface area contributed by atoms with E-state index in [0.29, 0.717) is 36.3 Å². The highest BCUT2D eigenvalue weighted by Crippen LogP contribution is 2.13. The molecule has 1 atom stereocenters. The minimum atomic E-state index is 0.231. The van der Waals surface area contributed by atoms with Gasteiger partial charge in [-0.25, -0.2) is 9.97 Å². The van der Waals surface area contributed by atoms with E-state index in [-0.39, 0.29) is 6.04 Å². The van der Waals surface area contributed by atoms with Crippen molar-refractivity contribution in [2.45, 2.75) is 19.4 Å². The summed E-state index contributed by atoms with van der Waals surface area (Å²) in [6.45, 7) is 4.11. The van der Waals surface area contributed by atoms with Crippen LogP contribution in [0.25, 0.3) is 11.5 Å². The molecule has 1 unspecified atom stereocenters. The number of ether oxygens (including phenoxy) is 1. The molecule has 0 aliphatic carbocycles. The van der Waals surface area contributed by atoms with Gasteiger partial charge in [-0.2, -0.15) is 4.98 Å². The van der Waals surface area contributed by atoms with E-state index >= 15 is 0 Å². The summed E-state index contributed by atoms with van der Waals surface area (Å²) in [7, 11) is 0. The lowest BCUT2D eigenvalue weighted by molar-refractivity contribution is 0.0744. The van der Waals surface area contributed by atoms with Crippen molar-refractivity contribution >= 4 is 0 Å². The molecule has 7 nitrogen and oxygen atoms in total. The minimum absolute atomic E-state index is 0.231. The molecule has 3 rings (SSSR count). The summed E-state index contributed by atoms with van der Waals surface area (Å²) >= 11 is 0. The van der Waals surface area contributed by atoms with E-state index in [1.165, 1.54) is 0 Å². The van der Waals surface area contributed by atoms with Crippen LogP contribution in [0.1, 0.15) is 11.7 Å². The lowest BCUT2D eigenvalue weighted by atomic mass is 10.2. The fourth-order valence-electron chi connectivity index (χ4n) is 1.98. The fourth-order valence-corrected chi connectivity index (χ4v) is 1.98. The number of aryl methyl sites for hydroxylation is 1. The third-order valence-corrected chi connectivity index (χ3v) is 2.89. The number of hydrogen-bond donors (Lipinski definition) is 1. The topological polar surface area (TPSA) is 86.0 Å². The molecular weight excluding hydrogens is 246 g/mol. The van der Waals surface area contributed by atoms with Crippen LogP contribution in [0.15, 0.2) is 16.8 Å². The van der Waals surface area contributed by atoms with Gasteiger partial charge in [0.1, 0.15) is 11.5 Å². The summed E-state index contributed by atoms with van der Waals surface area (Å²) in [4.78, 5) is 12.7. The van der Waals surface area contributed by atoms with Crippen LogP contribution in [0, 0.1) is 6.92 Å². The molecule has 0 spiro atoms. The summed E-state index contributed by atoms with van der Waals surface area (Å²) < 4.78 is 10.6. The summed E-state index contributed by atoms with van der Waals surface area (Å²) in [5.41, 5.74) is 0.676. The van der Waals surface area contributed by atoms with Crippen molar-refractivity contribution in [1.82, 2.24) is 25.4 Å². The van der Waals surface area contributed by atoms with Crippen LogP contribution in [0.5, 0.6) is 0 Å². The zero-order valence-corrected chi connectivity index (χ0v) is 10.7. The molecule has 7 heteroatoms. The van der Waals surface area contributed by atoms with Crippen molar-refractivity contribution in [2.75, 3.05) is 19.8 Å². The van der Waals surface area contributed by atoms with Gasteiger partial charge in [-0.15, -0.1) is 0 Å². The van der Waals surface area contributed by atoms with Crippen molar-refractivity contribution in [3.05, 3.63) is 24.0 Å². The fraction of sp³-hybridized carbons (Fsp3) is 0.500. The van der Waals surface area contributed by atoms with E-state index < -0.39 is 0 Å². The summed E-state index contributed by atoms with van der Waals surface area (Å²) in [5.74, 6) is 1.78. The molecule has 3 heterocycles. The average Bonchev–Trinajstić information content (AvgIpc) is 2.88. The normalized spacial score (nSPS) is 19.5. The summed E-state index contributed by atoms with van der Waals surface area (Å²) in [5, 5.41) is 7.30. The maximum atomic E-state index is 5.39. The highest BCUT2D eigenvalue weighted by atomic mass is 16.5. The molecule has 19 heavy (non-hydrogen) atoms. The van der Waals surface area contributed by atoms with Gasteiger partial charge >= 0.3 is 0 Å². The molecule has 0 aromatic carbocycles. The first-order valence-electron chi connectivity index (χ1n) is 6.25. The average molecular weight is 261 g/mol. The Morgan fingerprint density at radius 1 is 1.42 bits per heavy atom. The molecule has 0 radical (unpaired) electrons. The third kappa shape index (κ3) is 2.94. The van der Waals surface area contributed by atoms with E-state index in [1.54, 1.807) is 12.3 Å². The van der Waals surface area contributed by atoms with Crippen LogP contribution in [0.3, 0.4) is 0 Å². The standard InChI is InChI=1S/C12H15N5O2/c1-8-13-3-2-10(15-8)12-16-11(19-17-12)6-9-7-18-5-4-14-9/h2-3,9,14H,4-7H2,1H3. The molecule has 1 aliphatic heterocycles. The number of morpholine rings is 1. The zero-order chi connectivity index (χ0) is 13.1. The minimum Gasteiger partial charge on any atom is -0.378 e. The van der Waals surface area contributed by atoms with Gasteiger partial charge in [0.25, 0.3) is 0 Å². The van der Waals surface area contributed by atoms with Crippen LogP contribution in [-0.4, -0.2) is 45.9 Å². The van der Waals surface area contributed by atoms with Gasteiger partial charge in [0.05, 0.1) is 13.2 Å². The van der Waals surface area contributed by atoms with Crippen LogP contribution >= 0.6 is 0 Å². The van der Waals surface area contributed by atoms with Crippen LogP contribution in [0.4, 0.5) is 0 Å². The number of aromatic nitrogens is 4. The van der Waals surface area contributed by atoms with Gasteiger partial charge in [-0.3, -0.25) is 0 Å². The van der Waals surface area contributed by atoms with E-state index in [1.807, 2.05) is 6.92 Å². The monoisotopic (exact) mass is 261 g/mol. The molecule has 1 saturated heterocycles. The molecule has 100 valence electrons. The first-order chi connectivity index (χ1) is 9.31. The lowest BCUT2D eigenvalue weighted by Gasteiger charge is -2.22. The Bertz CT molecular complexity index is 551. The van der Waals surface area contributed by atoms with Crippen LogP contribution in [0.2, 0.25) is 0 Å². The smallest absolute Gasteiger partial charge is 0.228 e. The Kier molecular flexibility index (Phi) is 3.47.